The zero-order chi connectivity index (χ0) is 21.0. The molecule has 3 N–H and O–H groups in total. The zero-order valence-corrected chi connectivity index (χ0v) is 18.5. The van der Waals surface area contributed by atoms with Crippen LogP contribution in [0.4, 0.5) is 5.69 Å². The van der Waals surface area contributed by atoms with Gasteiger partial charge in [0.2, 0.25) is 0 Å². The number of para-hydroxylation sites is 1. The SMILES string of the molecule is Cc1cccc(C)c1NC(=O)C[NH+]1CC[NH+](CC(=O)N2[C@H](C)CCC[C@@H]2C)CC1. The number of quaternary nitrogens is 2. The Morgan fingerprint density at radius 3 is 2.03 bits per heavy atom. The molecule has 160 valence electrons. The molecule has 0 radical (unpaired) electrons. The van der Waals surface area contributed by atoms with Crippen molar-refractivity contribution in [3.8, 4) is 0 Å². The van der Waals surface area contributed by atoms with Gasteiger partial charge in [-0.3, -0.25) is 9.59 Å². The molecule has 2 saturated heterocycles. The van der Waals surface area contributed by atoms with Gasteiger partial charge in [-0.2, -0.15) is 0 Å². The molecule has 6 nitrogen and oxygen atoms in total. The fraction of sp³-hybridized carbons (Fsp3) is 0.652. The first-order valence-corrected chi connectivity index (χ1v) is 11.2. The Bertz CT molecular complexity index is 697. The summed E-state index contributed by atoms with van der Waals surface area (Å²) in [7, 11) is 0. The van der Waals surface area contributed by atoms with E-state index in [4.69, 9.17) is 0 Å². The molecule has 0 spiro atoms. The summed E-state index contributed by atoms with van der Waals surface area (Å²) in [6.45, 7) is 13.3. The van der Waals surface area contributed by atoms with E-state index in [0.29, 0.717) is 31.1 Å². The predicted molar refractivity (Wildman–Crippen MR) is 115 cm³/mol. The highest BCUT2D eigenvalue weighted by atomic mass is 16.2. The molecule has 0 aliphatic carbocycles. The van der Waals surface area contributed by atoms with Crippen molar-refractivity contribution >= 4 is 17.5 Å². The van der Waals surface area contributed by atoms with E-state index in [2.05, 4.69) is 24.1 Å². The molecular weight excluding hydrogens is 364 g/mol. The monoisotopic (exact) mass is 402 g/mol. The second kappa shape index (κ2) is 9.72. The standard InChI is InChI=1S/C23H36N4O2/c1-17-7-5-8-18(2)23(17)24-21(28)15-25-11-13-26(14-12-25)16-22(29)27-19(3)9-6-10-20(27)4/h5,7-8,19-20H,6,9-16H2,1-4H3,(H,24,28)/p+2/t19-,20+. The molecule has 1 aromatic carbocycles. The average Bonchev–Trinajstić information content (AvgIpc) is 2.66. The van der Waals surface area contributed by atoms with Gasteiger partial charge in [0.15, 0.2) is 13.1 Å². The molecule has 0 unspecified atom stereocenters. The van der Waals surface area contributed by atoms with Crippen LogP contribution in [0.1, 0.15) is 44.2 Å². The third kappa shape index (κ3) is 5.58. The first kappa shape index (κ1) is 21.8. The molecule has 2 heterocycles. The molecule has 2 fully saturated rings. The van der Waals surface area contributed by atoms with Gasteiger partial charge >= 0.3 is 0 Å². The molecule has 2 aliphatic rings. The lowest BCUT2D eigenvalue weighted by Gasteiger charge is -2.39. The van der Waals surface area contributed by atoms with Crippen molar-refractivity contribution in [1.29, 1.82) is 0 Å². The van der Waals surface area contributed by atoms with Crippen LogP contribution in [0.3, 0.4) is 0 Å². The van der Waals surface area contributed by atoms with Crippen LogP contribution in [0.2, 0.25) is 0 Å². The number of amides is 2. The number of benzene rings is 1. The highest BCUT2D eigenvalue weighted by Crippen LogP contribution is 2.22. The van der Waals surface area contributed by atoms with E-state index >= 15 is 0 Å². The van der Waals surface area contributed by atoms with Gasteiger partial charge in [0, 0.05) is 17.8 Å². The Kier molecular flexibility index (Phi) is 7.30. The van der Waals surface area contributed by atoms with E-state index in [1.54, 1.807) is 0 Å². The van der Waals surface area contributed by atoms with Crippen LogP contribution in [0.25, 0.3) is 0 Å². The number of carbonyl (C=O) groups excluding carboxylic acids is 2. The number of rotatable bonds is 5. The molecule has 0 aromatic heterocycles. The highest BCUT2D eigenvalue weighted by Gasteiger charge is 2.33. The summed E-state index contributed by atoms with van der Waals surface area (Å²) in [5, 5.41) is 3.09. The number of piperazine rings is 1. The average molecular weight is 403 g/mol. The summed E-state index contributed by atoms with van der Waals surface area (Å²) < 4.78 is 0. The van der Waals surface area contributed by atoms with Crippen LogP contribution < -0.4 is 15.1 Å². The van der Waals surface area contributed by atoms with Crippen molar-refractivity contribution in [2.45, 2.75) is 59.0 Å². The largest absolute Gasteiger partial charge is 0.332 e. The Hall–Kier alpha value is -1.92. The Labute approximate surface area is 175 Å². The first-order chi connectivity index (χ1) is 13.8. The number of aryl methyl sites for hydroxylation is 2. The van der Waals surface area contributed by atoms with E-state index in [0.717, 1.165) is 55.8 Å². The highest BCUT2D eigenvalue weighted by molar-refractivity contribution is 5.93. The van der Waals surface area contributed by atoms with Gasteiger partial charge < -0.3 is 20.0 Å². The summed E-state index contributed by atoms with van der Waals surface area (Å²) in [6, 6.07) is 6.80. The number of likely N-dealkylation sites (tertiary alicyclic amines) is 1. The Morgan fingerprint density at radius 2 is 1.48 bits per heavy atom. The normalized spacial score (nSPS) is 27.5. The number of hydrogen-bond acceptors (Lipinski definition) is 2. The maximum Gasteiger partial charge on any atom is 0.279 e. The molecule has 29 heavy (non-hydrogen) atoms. The summed E-state index contributed by atoms with van der Waals surface area (Å²) >= 11 is 0. The van der Waals surface area contributed by atoms with E-state index in [9.17, 15) is 9.59 Å². The van der Waals surface area contributed by atoms with Crippen LogP contribution in [0, 0.1) is 13.8 Å². The number of carbonyl (C=O) groups is 2. The third-order valence-electron chi connectivity index (χ3n) is 6.70. The van der Waals surface area contributed by atoms with Crippen molar-refractivity contribution in [2.24, 2.45) is 0 Å². The summed E-state index contributed by atoms with van der Waals surface area (Å²) in [6.07, 6.45) is 3.47. The maximum absolute atomic E-state index is 12.8. The van der Waals surface area contributed by atoms with E-state index < -0.39 is 0 Å². The summed E-state index contributed by atoms with van der Waals surface area (Å²) in [4.78, 5) is 30.2. The Morgan fingerprint density at radius 1 is 0.966 bits per heavy atom. The lowest BCUT2D eigenvalue weighted by molar-refractivity contribution is -1.00. The molecule has 0 saturated carbocycles. The van der Waals surface area contributed by atoms with Crippen LogP contribution in [0.5, 0.6) is 0 Å². The molecule has 1 aromatic rings. The minimum Gasteiger partial charge on any atom is -0.332 e. The fourth-order valence-corrected chi connectivity index (χ4v) is 4.95. The summed E-state index contributed by atoms with van der Waals surface area (Å²) in [5.74, 6) is 0.379. The lowest BCUT2D eigenvalue weighted by atomic mass is 9.97. The summed E-state index contributed by atoms with van der Waals surface area (Å²) in [5.41, 5.74) is 3.14. The van der Waals surface area contributed by atoms with Crippen molar-refractivity contribution in [1.82, 2.24) is 4.90 Å². The molecule has 6 heteroatoms. The van der Waals surface area contributed by atoms with Crippen LogP contribution >= 0.6 is 0 Å². The maximum atomic E-state index is 12.8. The van der Waals surface area contributed by atoms with Crippen molar-refractivity contribution in [3.63, 3.8) is 0 Å². The van der Waals surface area contributed by atoms with E-state index in [1.165, 1.54) is 16.2 Å². The quantitative estimate of drug-likeness (QED) is 0.640. The zero-order valence-electron chi connectivity index (χ0n) is 18.5. The van der Waals surface area contributed by atoms with Crippen LogP contribution in [0.15, 0.2) is 18.2 Å². The van der Waals surface area contributed by atoms with Crippen molar-refractivity contribution in [3.05, 3.63) is 29.3 Å². The fourth-order valence-electron chi connectivity index (χ4n) is 4.95. The number of piperidine rings is 1. The number of anilines is 1. The van der Waals surface area contributed by atoms with Crippen LogP contribution in [-0.4, -0.2) is 68.1 Å². The minimum absolute atomic E-state index is 0.0768. The smallest absolute Gasteiger partial charge is 0.279 e. The van der Waals surface area contributed by atoms with Crippen molar-refractivity contribution < 1.29 is 19.4 Å². The molecular formula is C23H38N4O2+2. The molecule has 3 rings (SSSR count). The predicted octanol–water partition coefficient (Wildman–Crippen LogP) is -0.185. The van der Waals surface area contributed by atoms with Gasteiger partial charge in [-0.15, -0.1) is 0 Å². The molecule has 2 atom stereocenters. The molecule has 2 amide bonds. The molecule has 0 bridgehead atoms. The van der Waals surface area contributed by atoms with Gasteiger partial charge in [-0.1, -0.05) is 18.2 Å². The minimum atomic E-state index is 0.0768. The van der Waals surface area contributed by atoms with Gasteiger partial charge in [0.05, 0.1) is 0 Å². The first-order valence-electron chi connectivity index (χ1n) is 11.2. The van der Waals surface area contributed by atoms with Gasteiger partial charge in [0.1, 0.15) is 26.2 Å². The van der Waals surface area contributed by atoms with Gasteiger partial charge in [-0.25, -0.2) is 0 Å². The van der Waals surface area contributed by atoms with Crippen LogP contribution in [-0.2, 0) is 9.59 Å². The number of nitrogens with zero attached hydrogens (tertiary/aromatic N) is 1. The van der Waals surface area contributed by atoms with Gasteiger partial charge in [0.25, 0.3) is 11.8 Å². The Balaban J connectivity index is 1.44. The third-order valence-corrected chi connectivity index (χ3v) is 6.70. The second-order valence-electron chi connectivity index (χ2n) is 9.10. The van der Waals surface area contributed by atoms with E-state index in [1.807, 2.05) is 32.0 Å². The lowest BCUT2D eigenvalue weighted by Crippen LogP contribution is -3.28. The van der Waals surface area contributed by atoms with Crippen molar-refractivity contribution in [2.75, 3.05) is 44.6 Å². The number of nitrogens with one attached hydrogen (secondary N) is 3. The molecule has 2 aliphatic heterocycles. The van der Waals surface area contributed by atoms with E-state index in [-0.39, 0.29) is 5.91 Å². The topological polar surface area (TPSA) is 58.3 Å². The van der Waals surface area contributed by atoms with Gasteiger partial charge in [-0.05, 0) is 58.1 Å². The second-order valence-corrected chi connectivity index (χ2v) is 9.10. The number of hydrogen-bond donors (Lipinski definition) is 3.